The van der Waals surface area contributed by atoms with Crippen LogP contribution in [0.5, 0.6) is 0 Å². The van der Waals surface area contributed by atoms with Gasteiger partial charge in [0.05, 0.1) is 5.69 Å². The molecule has 2 rings (SSSR count). The third-order valence-corrected chi connectivity index (χ3v) is 1.27. The lowest BCUT2D eigenvalue weighted by atomic mass is 10.4. The predicted molar refractivity (Wildman–Crippen MR) is 36.2 cm³/mol. The number of nitrogen functional groups attached to an aromatic ring is 1. The van der Waals surface area contributed by atoms with Crippen LogP contribution < -0.4 is 5.73 Å². The average Bonchev–Trinajstić information content (AvgIpc) is 2.36. The first-order valence-electron chi connectivity index (χ1n) is 2.83. The number of nitrogens with zero attached hydrogens (tertiary/aromatic N) is 3. The quantitative estimate of drug-likeness (QED) is 0.555. The molecule has 2 aromatic rings. The van der Waals surface area contributed by atoms with Crippen molar-refractivity contribution >= 4 is 11.3 Å². The SMILES string of the molecule is Nc1[c]ccn2ncnc12. The Kier molecular flexibility index (Phi) is 0.887. The zero-order valence-electron chi connectivity index (χ0n) is 5.15. The van der Waals surface area contributed by atoms with Gasteiger partial charge in [-0.25, -0.2) is 9.50 Å². The minimum atomic E-state index is 0.528. The van der Waals surface area contributed by atoms with E-state index in [-0.39, 0.29) is 0 Å². The highest BCUT2D eigenvalue weighted by Gasteiger charge is 1.96. The van der Waals surface area contributed by atoms with Gasteiger partial charge in [0.15, 0.2) is 5.65 Å². The molecule has 10 heavy (non-hydrogen) atoms. The van der Waals surface area contributed by atoms with Gasteiger partial charge < -0.3 is 5.73 Å². The van der Waals surface area contributed by atoms with Gasteiger partial charge in [-0.2, -0.15) is 5.10 Å². The Labute approximate surface area is 57.3 Å². The van der Waals surface area contributed by atoms with Crippen molar-refractivity contribution in [1.82, 2.24) is 14.6 Å². The Balaban J connectivity index is 2.95. The predicted octanol–water partition coefficient (Wildman–Crippen LogP) is 0.112. The van der Waals surface area contributed by atoms with Crippen molar-refractivity contribution in [2.24, 2.45) is 0 Å². The number of rotatable bonds is 0. The van der Waals surface area contributed by atoms with E-state index in [4.69, 9.17) is 5.73 Å². The average molecular weight is 133 g/mol. The lowest BCUT2D eigenvalue weighted by molar-refractivity contribution is 0.962. The molecule has 0 aliphatic heterocycles. The van der Waals surface area contributed by atoms with Crippen molar-refractivity contribution in [3.8, 4) is 0 Å². The summed E-state index contributed by atoms with van der Waals surface area (Å²) in [6, 6.07) is 4.52. The van der Waals surface area contributed by atoms with E-state index in [1.54, 1.807) is 16.8 Å². The molecule has 0 saturated heterocycles. The van der Waals surface area contributed by atoms with Crippen LogP contribution in [0.2, 0.25) is 0 Å². The van der Waals surface area contributed by atoms with Crippen LogP contribution in [0.15, 0.2) is 18.6 Å². The van der Waals surface area contributed by atoms with Gasteiger partial charge in [0.25, 0.3) is 0 Å². The van der Waals surface area contributed by atoms with Crippen molar-refractivity contribution in [2.75, 3.05) is 5.73 Å². The molecule has 2 heterocycles. The first kappa shape index (κ1) is 5.22. The second kappa shape index (κ2) is 1.70. The molecule has 0 spiro atoms. The molecule has 0 fully saturated rings. The summed E-state index contributed by atoms with van der Waals surface area (Å²) in [5, 5.41) is 3.89. The fourth-order valence-corrected chi connectivity index (χ4v) is 0.814. The van der Waals surface area contributed by atoms with Crippen molar-refractivity contribution in [3.63, 3.8) is 0 Å². The van der Waals surface area contributed by atoms with E-state index >= 15 is 0 Å². The van der Waals surface area contributed by atoms with Crippen molar-refractivity contribution in [2.45, 2.75) is 0 Å². The zero-order chi connectivity index (χ0) is 6.97. The van der Waals surface area contributed by atoms with Gasteiger partial charge in [-0.3, -0.25) is 0 Å². The molecule has 0 amide bonds. The van der Waals surface area contributed by atoms with Crippen molar-refractivity contribution in [3.05, 3.63) is 24.7 Å². The molecule has 0 aliphatic rings. The van der Waals surface area contributed by atoms with E-state index in [1.165, 1.54) is 6.33 Å². The van der Waals surface area contributed by atoms with E-state index in [2.05, 4.69) is 16.1 Å². The lowest BCUT2D eigenvalue weighted by Crippen LogP contribution is -1.92. The zero-order valence-corrected chi connectivity index (χ0v) is 5.15. The summed E-state index contributed by atoms with van der Waals surface area (Å²) in [6.07, 6.45) is 3.21. The van der Waals surface area contributed by atoms with E-state index < -0.39 is 0 Å². The second-order valence-electron chi connectivity index (χ2n) is 1.90. The van der Waals surface area contributed by atoms with Gasteiger partial charge in [-0.05, 0) is 6.07 Å². The highest BCUT2D eigenvalue weighted by molar-refractivity contribution is 5.62. The lowest BCUT2D eigenvalue weighted by Gasteiger charge is -1.91. The van der Waals surface area contributed by atoms with Crippen LogP contribution in [0.25, 0.3) is 5.65 Å². The van der Waals surface area contributed by atoms with Gasteiger partial charge in [0.1, 0.15) is 6.33 Å². The Hall–Kier alpha value is -1.58. The molecule has 0 saturated carbocycles. The standard InChI is InChI=1S/C6H5N4/c7-5-2-1-3-10-6(5)8-4-9-10/h1,3-4H,7H2. The molecule has 0 bridgehead atoms. The van der Waals surface area contributed by atoms with Crippen molar-refractivity contribution in [1.29, 1.82) is 0 Å². The van der Waals surface area contributed by atoms with Gasteiger partial charge >= 0.3 is 0 Å². The molecule has 2 aromatic heterocycles. The fourth-order valence-electron chi connectivity index (χ4n) is 0.814. The summed E-state index contributed by atoms with van der Waals surface area (Å²) in [7, 11) is 0. The highest BCUT2D eigenvalue weighted by Crippen LogP contribution is 2.05. The van der Waals surface area contributed by atoms with E-state index in [9.17, 15) is 0 Å². The van der Waals surface area contributed by atoms with E-state index in [1.807, 2.05) is 0 Å². The van der Waals surface area contributed by atoms with Crippen LogP contribution in [-0.2, 0) is 0 Å². The molecule has 4 heteroatoms. The molecule has 4 nitrogen and oxygen atoms in total. The monoisotopic (exact) mass is 133 g/mol. The molecular weight excluding hydrogens is 128 g/mol. The van der Waals surface area contributed by atoms with Gasteiger partial charge in [-0.15, -0.1) is 0 Å². The molecule has 1 radical (unpaired) electrons. The van der Waals surface area contributed by atoms with Gasteiger partial charge in [0.2, 0.25) is 0 Å². The smallest absolute Gasteiger partial charge is 0.178 e. The van der Waals surface area contributed by atoms with Crippen LogP contribution in [-0.4, -0.2) is 14.6 Å². The molecular formula is C6H5N4. The van der Waals surface area contributed by atoms with E-state index in [0.29, 0.717) is 11.3 Å². The van der Waals surface area contributed by atoms with Crippen LogP contribution in [0.3, 0.4) is 0 Å². The maximum atomic E-state index is 5.52. The second-order valence-corrected chi connectivity index (χ2v) is 1.90. The third kappa shape index (κ3) is 0.556. The van der Waals surface area contributed by atoms with Crippen LogP contribution in [0, 0.1) is 6.07 Å². The maximum Gasteiger partial charge on any atom is 0.178 e. The first-order valence-corrected chi connectivity index (χ1v) is 2.83. The minimum Gasteiger partial charge on any atom is -0.395 e. The van der Waals surface area contributed by atoms with Crippen LogP contribution >= 0.6 is 0 Å². The summed E-state index contributed by atoms with van der Waals surface area (Å²) < 4.78 is 1.60. The Morgan fingerprint density at radius 1 is 1.60 bits per heavy atom. The molecule has 0 unspecified atom stereocenters. The summed E-state index contributed by atoms with van der Waals surface area (Å²) in [4.78, 5) is 3.91. The van der Waals surface area contributed by atoms with Gasteiger partial charge in [-0.1, -0.05) is 0 Å². The molecule has 49 valence electrons. The summed E-state index contributed by atoms with van der Waals surface area (Å²) in [5.74, 6) is 0. The number of nitrogens with two attached hydrogens (primary N) is 1. The van der Waals surface area contributed by atoms with Crippen LogP contribution in [0.4, 0.5) is 5.69 Å². The van der Waals surface area contributed by atoms with Crippen LogP contribution in [0.1, 0.15) is 0 Å². The largest absolute Gasteiger partial charge is 0.395 e. The number of anilines is 1. The van der Waals surface area contributed by atoms with Gasteiger partial charge in [0, 0.05) is 12.3 Å². The number of fused-ring (bicyclic) bond motifs is 1. The summed E-state index contributed by atoms with van der Waals surface area (Å²) >= 11 is 0. The molecule has 0 aliphatic carbocycles. The topological polar surface area (TPSA) is 56.2 Å². The minimum absolute atomic E-state index is 0.528. The number of aromatic nitrogens is 3. The molecule has 0 aromatic carbocycles. The number of hydrogen-bond donors (Lipinski definition) is 1. The summed E-state index contributed by atoms with van der Waals surface area (Å²) in [5.41, 5.74) is 6.70. The maximum absolute atomic E-state index is 5.52. The fraction of sp³-hybridized carbons (Fsp3) is 0. The number of hydrogen-bond acceptors (Lipinski definition) is 3. The normalized spacial score (nSPS) is 10.4. The Morgan fingerprint density at radius 3 is 3.30 bits per heavy atom. The number of pyridine rings is 1. The molecule has 2 N–H and O–H groups in total. The third-order valence-electron chi connectivity index (χ3n) is 1.27. The van der Waals surface area contributed by atoms with Crippen molar-refractivity contribution < 1.29 is 0 Å². The molecule has 0 atom stereocenters. The first-order chi connectivity index (χ1) is 4.88. The highest BCUT2D eigenvalue weighted by atomic mass is 15.3. The Morgan fingerprint density at radius 2 is 2.50 bits per heavy atom. The summed E-state index contributed by atoms with van der Waals surface area (Å²) in [6.45, 7) is 0. The van der Waals surface area contributed by atoms with E-state index in [0.717, 1.165) is 0 Å². The Bertz CT molecular complexity index is 351.